The summed E-state index contributed by atoms with van der Waals surface area (Å²) in [5.41, 5.74) is -0.249. The second-order valence-corrected chi connectivity index (χ2v) is 4.90. The molecule has 9 heteroatoms. The quantitative estimate of drug-likeness (QED) is 0.884. The largest absolute Gasteiger partial charge is 0.357 e. The molecule has 0 amide bonds. The maximum absolute atomic E-state index is 11.9. The highest BCUT2D eigenvalue weighted by atomic mass is 79.9. The molecule has 20 heavy (non-hydrogen) atoms. The fourth-order valence-corrected chi connectivity index (χ4v) is 2.09. The van der Waals surface area contributed by atoms with Gasteiger partial charge in [0.1, 0.15) is 10.8 Å². The van der Waals surface area contributed by atoms with Crippen LogP contribution in [0.5, 0.6) is 0 Å². The van der Waals surface area contributed by atoms with Crippen molar-refractivity contribution in [3.05, 3.63) is 27.4 Å². The molecule has 0 aliphatic carbocycles. The fourth-order valence-electron chi connectivity index (χ4n) is 1.60. The molecule has 2 aromatic heterocycles. The maximum Gasteiger partial charge on any atom is 0.293 e. The van der Waals surface area contributed by atoms with E-state index in [2.05, 4.69) is 36.5 Å². The van der Waals surface area contributed by atoms with E-state index in [1.165, 1.54) is 4.57 Å². The lowest BCUT2D eigenvalue weighted by Crippen LogP contribution is -2.21. The molecule has 2 aromatic rings. The fraction of sp³-hybridized carbons (Fsp3) is 0.455. The molecule has 2 heterocycles. The summed E-state index contributed by atoms with van der Waals surface area (Å²) >= 11 is 3.24. The number of halogens is 1. The lowest BCUT2D eigenvalue weighted by atomic mass is 10.5. The number of rotatable bonds is 5. The summed E-state index contributed by atoms with van der Waals surface area (Å²) in [4.78, 5) is 16.0. The van der Waals surface area contributed by atoms with Gasteiger partial charge >= 0.3 is 0 Å². The second-order valence-electron chi connectivity index (χ2n) is 4.09. The molecule has 0 spiro atoms. The number of aryl methyl sites for hydroxylation is 1. The number of hydrogen-bond acceptors (Lipinski definition) is 6. The highest BCUT2D eigenvalue weighted by Crippen LogP contribution is 2.13. The molecule has 1 atom stereocenters. The number of ether oxygens (including phenoxy) is 1. The third-order valence-electron chi connectivity index (χ3n) is 2.58. The topological polar surface area (TPSA) is 86.9 Å². The van der Waals surface area contributed by atoms with Gasteiger partial charge in [-0.15, -0.1) is 5.10 Å². The van der Waals surface area contributed by atoms with Crippen LogP contribution in [0.4, 0.5) is 11.6 Å². The summed E-state index contributed by atoms with van der Waals surface area (Å²) in [6, 6.07) is 0. The number of hydrogen-bond donors (Lipinski definition) is 1. The summed E-state index contributed by atoms with van der Waals surface area (Å²) < 4.78 is 8.94. The summed E-state index contributed by atoms with van der Waals surface area (Å²) in [5.74, 6) is 0.609. The zero-order valence-electron chi connectivity index (χ0n) is 11.4. The van der Waals surface area contributed by atoms with E-state index in [9.17, 15) is 4.79 Å². The predicted molar refractivity (Wildman–Crippen MR) is 76.8 cm³/mol. The van der Waals surface area contributed by atoms with Gasteiger partial charge in [0.25, 0.3) is 5.56 Å². The molecule has 0 radical (unpaired) electrons. The van der Waals surface area contributed by atoms with Crippen LogP contribution in [0.25, 0.3) is 0 Å². The Bertz CT molecular complexity index is 653. The molecular formula is C11H15BrN6O2. The van der Waals surface area contributed by atoms with Crippen molar-refractivity contribution < 1.29 is 4.74 Å². The number of aromatic nitrogens is 5. The molecule has 2 rings (SSSR count). The van der Waals surface area contributed by atoms with E-state index in [4.69, 9.17) is 4.74 Å². The van der Waals surface area contributed by atoms with Crippen LogP contribution in [0.2, 0.25) is 0 Å². The Labute approximate surface area is 123 Å². The lowest BCUT2D eigenvalue weighted by Gasteiger charge is -2.10. The van der Waals surface area contributed by atoms with E-state index >= 15 is 0 Å². The molecule has 0 saturated heterocycles. The monoisotopic (exact) mass is 342 g/mol. The first-order valence-electron chi connectivity index (χ1n) is 6.05. The Morgan fingerprint density at radius 3 is 2.95 bits per heavy atom. The number of nitrogens with one attached hydrogen (secondary N) is 1. The van der Waals surface area contributed by atoms with Crippen LogP contribution >= 0.6 is 15.9 Å². The van der Waals surface area contributed by atoms with Crippen molar-refractivity contribution in [1.82, 2.24) is 24.5 Å². The van der Waals surface area contributed by atoms with E-state index in [1.807, 2.05) is 13.8 Å². The van der Waals surface area contributed by atoms with Crippen molar-refractivity contribution in [3.8, 4) is 0 Å². The van der Waals surface area contributed by atoms with Gasteiger partial charge in [0.15, 0.2) is 11.6 Å². The standard InChI is InChI=1S/C11H15BrN6O2/c1-4-20-7(2)18-6-9(15-16-18)14-10-11(19)17(3)5-8(12)13-10/h5-7H,4H2,1-3H3,(H,13,14). The van der Waals surface area contributed by atoms with E-state index in [1.54, 1.807) is 24.1 Å². The number of anilines is 2. The van der Waals surface area contributed by atoms with Gasteiger partial charge in [-0.2, -0.15) is 0 Å². The zero-order valence-corrected chi connectivity index (χ0v) is 13.0. The molecule has 1 unspecified atom stereocenters. The van der Waals surface area contributed by atoms with Crippen molar-refractivity contribution in [3.63, 3.8) is 0 Å². The summed E-state index contributed by atoms with van der Waals surface area (Å²) in [7, 11) is 1.65. The third kappa shape index (κ3) is 3.23. The first-order valence-corrected chi connectivity index (χ1v) is 6.84. The Balaban J connectivity index is 2.21. The zero-order chi connectivity index (χ0) is 14.7. The Hall–Kier alpha value is -1.74. The van der Waals surface area contributed by atoms with Gasteiger partial charge < -0.3 is 14.6 Å². The summed E-state index contributed by atoms with van der Waals surface area (Å²) in [5, 5.41) is 10.7. The van der Waals surface area contributed by atoms with Gasteiger partial charge in [-0.05, 0) is 29.8 Å². The van der Waals surface area contributed by atoms with Crippen molar-refractivity contribution in [2.75, 3.05) is 11.9 Å². The van der Waals surface area contributed by atoms with Gasteiger partial charge in [-0.1, -0.05) is 5.21 Å². The Kier molecular flexibility index (Phi) is 4.50. The van der Waals surface area contributed by atoms with Gasteiger partial charge in [0.05, 0.1) is 6.20 Å². The van der Waals surface area contributed by atoms with E-state index in [0.717, 1.165) is 0 Å². The molecule has 0 saturated carbocycles. The first kappa shape index (κ1) is 14.7. The number of nitrogens with zero attached hydrogens (tertiary/aromatic N) is 5. The molecule has 108 valence electrons. The van der Waals surface area contributed by atoms with Crippen LogP contribution in [-0.4, -0.2) is 31.2 Å². The predicted octanol–water partition coefficient (Wildman–Crippen LogP) is 1.43. The molecule has 8 nitrogen and oxygen atoms in total. The highest BCUT2D eigenvalue weighted by molar-refractivity contribution is 9.10. The van der Waals surface area contributed by atoms with Gasteiger partial charge in [-0.3, -0.25) is 4.79 Å². The molecule has 0 aliphatic rings. The van der Waals surface area contributed by atoms with E-state index in [-0.39, 0.29) is 17.6 Å². The summed E-state index contributed by atoms with van der Waals surface area (Å²) in [6.07, 6.45) is 3.02. The highest BCUT2D eigenvalue weighted by Gasteiger charge is 2.11. The first-order chi connectivity index (χ1) is 9.51. The van der Waals surface area contributed by atoms with Crippen LogP contribution in [0.15, 0.2) is 21.8 Å². The molecule has 0 aliphatic heterocycles. The average Bonchev–Trinajstić information content (AvgIpc) is 2.84. The van der Waals surface area contributed by atoms with E-state index < -0.39 is 0 Å². The van der Waals surface area contributed by atoms with Gasteiger partial charge in [0, 0.05) is 19.9 Å². The minimum absolute atomic E-state index is 0.179. The second kappa shape index (κ2) is 6.14. The Morgan fingerprint density at radius 2 is 2.25 bits per heavy atom. The van der Waals surface area contributed by atoms with Crippen LogP contribution in [-0.2, 0) is 11.8 Å². The molecule has 0 aromatic carbocycles. The molecule has 0 fully saturated rings. The van der Waals surface area contributed by atoms with Crippen molar-refractivity contribution in [2.24, 2.45) is 7.05 Å². The van der Waals surface area contributed by atoms with Crippen molar-refractivity contribution in [1.29, 1.82) is 0 Å². The maximum atomic E-state index is 11.9. The molecule has 0 bridgehead atoms. The smallest absolute Gasteiger partial charge is 0.293 e. The Morgan fingerprint density at radius 1 is 1.50 bits per heavy atom. The SMILES string of the molecule is CCOC(C)n1cc(Nc2nc(Br)cn(C)c2=O)nn1. The minimum Gasteiger partial charge on any atom is -0.357 e. The van der Waals surface area contributed by atoms with Crippen LogP contribution in [0, 0.1) is 0 Å². The van der Waals surface area contributed by atoms with Gasteiger partial charge in [-0.25, -0.2) is 9.67 Å². The average molecular weight is 343 g/mol. The van der Waals surface area contributed by atoms with Crippen molar-refractivity contribution >= 4 is 27.6 Å². The molecular weight excluding hydrogens is 328 g/mol. The normalized spacial score (nSPS) is 12.4. The van der Waals surface area contributed by atoms with Crippen molar-refractivity contribution in [2.45, 2.75) is 20.1 Å². The van der Waals surface area contributed by atoms with E-state index in [0.29, 0.717) is 17.0 Å². The lowest BCUT2D eigenvalue weighted by molar-refractivity contribution is 0.0147. The minimum atomic E-state index is -0.249. The van der Waals surface area contributed by atoms with Gasteiger partial charge in [0.2, 0.25) is 0 Å². The summed E-state index contributed by atoms with van der Waals surface area (Å²) in [6.45, 7) is 4.34. The van der Waals surface area contributed by atoms with Crippen LogP contribution < -0.4 is 10.9 Å². The third-order valence-corrected chi connectivity index (χ3v) is 2.96. The van der Waals surface area contributed by atoms with Crippen LogP contribution in [0.3, 0.4) is 0 Å². The van der Waals surface area contributed by atoms with Crippen LogP contribution in [0.1, 0.15) is 20.1 Å². The molecule has 1 N–H and O–H groups in total.